The van der Waals surface area contributed by atoms with Crippen molar-refractivity contribution < 1.29 is 0 Å². The third-order valence-electron chi connectivity index (χ3n) is 2.49. The van der Waals surface area contributed by atoms with Gasteiger partial charge in [-0.15, -0.1) is 10.2 Å². The molecule has 4 nitrogen and oxygen atoms in total. The van der Waals surface area contributed by atoms with Crippen LogP contribution in [0.15, 0.2) is 18.2 Å². The largest absolute Gasteiger partial charge is 0.235 e. The molecule has 0 radical (unpaired) electrons. The maximum absolute atomic E-state index is 6.18. The molecule has 0 bridgehead atoms. The first kappa shape index (κ1) is 13.2. The third kappa shape index (κ3) is 2.45. The molecule has 0 amide bonds. The molecule has 0 aliphatic carbocycles. The van der Waals surface area contributed by atoms with E-state index in [0.29, 0.717) is 10.0 Å². The lowest BCUT2D eigenvalue weighted by atomic mass is 10.2. The molecular formula is C11H8Cl2N4S2. The van der Waals surface area contributed by atoms with Crippen LogP contribution in [0.3, 0.4) is 0 Å². The Hall–Kier alpha value is -0.820. The first-order valence-corrected chi connectivity index (χ1v) is 8.31. The predicted molar refractivity (Wildman–Crippen MR) is 81.3 cm³/mol. The van der Waals surface area contributed by atoms with Crippen LogP contribution in [-0.4, -0.2) is 26.1 Å². The highest BCUT2D eigenvalue weighted by atomic mass is 35.5. The van der Waals surface area contributed by atoms with E-state index in [4.69, 9.17) is 23.2 Å². The summed E-state index contributed by atoms with van der Waals surface area (Å²) in [6, 6.07) is 5.33. The fourth-order valence-electron chi connectivity index (χ4n) is 1.65. The van der Waals surface area contributed by atoms with E-state index in [1.807, 2.05) is 12.3 Å². The van der Waals surface area contributed by atoms with Crippen molar-refractivity contribution >= 4 is 51.3 Å². The summed E-state index contributed by atoms with van der Waals surface area (Å²) in [5.41, 5.74) is 0.819. The zero-order valence-electron chi connectivity index (χ0n) is 9.80. The molecule has 8 heteroatoms. The third-order valence-corrected chi connectivity index (χ3v) is 4.53. The van der Waals surface area contributed by atoms with E-state index < -0.39 is 0 Å². The van der Waals surface area contributed by atoms with Crippen LogP contribution in [-0.2, 0) is 5.75 Å². The molecule has 2 aromatic heterocycles. The van der Waals surface area contributed by atoms with Gasteiger partial charge >= 0.3 is 0 Å². The van der Waals surface area contributed by atoms with Crippen molar-refractivity contribution in [3.8, 4) is 10.6 Å². The number of benzene rings is 1. The van der Waals surface area contributed by atoms with E-state index in [9.17, 15) is 0 Å². The Morgan fingerprint density at radius 1 is 1.32 bits per heavy atom. The summed E-state index contributed by atoms with van der Waals surface area (Å²) >= 11 is 15.3. The maximum Gasteiger partial charge on any atom is 0.235 e. The van der Waals surface area contributed by atoms with Crippen molar-refractivity contribution in [2.45, 2.75) is 5.75 Å². The molecule has 0 saturated heterocycles. The number of thioether (sulfide) groups is 1. The van der Waals surface area contributed by atoms with Gasteiger partial charge in [-0.1, -0.05) is 34.5 Å². The molecule has 2 heterocycles. The molecule has 0 saturated carbocycles. The Kier molecular flexibility index (Phi) is 3.66. The van der Waals surface area contributed by atoms with Crippen LogP contribution >= 0.6 is 46.3 Å². The second kappa shape index (κ2) is 5.28. The summed E-state index contributed by atoms with van der Waals surface area (Å²) in [6.07, 6.45) is 2.02. The Morgan fingerprint density at radius 3 is 2.95 bits per heavy atom. The first-order valence-electron chi connectivity index (χ1n) is 5.34. The lowest BCUT2D eigenvalue weighted by molar-refractivity contribution is 0.888. The standard InChI is InChI=1S/C11H8Cl2N4S2/c1-18-5-9-14-15-11-17(9)16-10(19-11)7-4-6(12)2-3-8(7)13/h2-4H,5H2,1H3. The minimum absolute atomic E-state index is 0.626. The number of halogens is 2. The van der Waals surface area contributed by atoms with Crippen molar-refractivity contribution in [3.63, 3.8) is 0 Å². The second-order valence-corrected chi connectivity index (χ2v) is 6.44. The fraction of sp³-hybridized carbons (Fsp3) is 0.182. The normalized spacial score (nSPS) is 11.3. The summed E-state index contributed by atoms with van der Waals surface area (Å²) in [5, 5.41) is 14.8. The summed E-state index contributed by atoms with van der Waals surface area (Å²) in [5.74, 6) is 1.61. The van der Waals surface area contributed by atoms with E-state index in [1.165, 1.54) is 11.3 Å². The lowest BCUT2D eigenvalue weighted by Crippen LogP contribution is -1.93. The Balaban J connectivity index is 2.12. The van der Waals surface area contributed by atoms with Gasteiger partial charge in [0.25, 0.3) is 0 Å². The van der Waals surface area contributed by atoms with Crippen molar-refractivity contribution in [1.82, 2.24) is 19.8 Å². The molecule has 3 aromatic rings. The van der Waals surface area contributed by atoms with Crippen LogP contribution in [0.25, 0.3) is 15.5 Å². The minimum atomic E-state index is 0.626. The van der Waals surface area contributed by atoms with Crippen molar-refractivity contribution in [2.75, 3.05) is 6.26 Å². The van der Waals surface area contributed by atoms with Gasteiger partial charge in [0, 0.05) is 10.6 Å². The van der Waals surface area contributed by atoms with Crippen molar-refractivity contribution in [3.05, 3.63) is 34.1 Å². The van der Waals surface area contributed by atoms with Gasteiger partial charge in [-0.05, 0) is 24.5 Å². The van der Waals surface area contributed by atoms with Gasteiger partial charge < -0.3 is 0 Å². The van der Waals surface area contributed by atoms with E-state index in [-0.39, 0.29) is 0 Å². The highest BCUT2D eigenvalue weighted by Gasteiger charge is 2.14. The number of fused-ring (bicyclic) bond motifs is 1. The fourth-order valence-corrected chi connectivity index (χ4v) is 3.41. The predicted octanol–water partition coefficient (Wildman–Crippen LogP) is 4.02. The van der Waals surface area contributed by atoms with E-state index >= 15 is 0 Å². The average molecular weight is 331 g/mol. The number of rotatable bonds is 3. The summed E-state index contributed by atoms with van der Waals surface area (Å²) < 4.78 is 1.76. The van der Waals surface area contributed by atoms with Crippen molar-refractivity contribution in [1.29, 1.82) is 0 Å². The van der Waals surface area contributed by atoms with E-state index in [2.05, 4.69) is 15.3 Å². The number of nitrogens with zero attached hydrogens (tertiary/aromatic N) is 4. The van der Waals surface area contributed by atoms with Crippen LogP contribution in [0, 0.1) is 0 Å². The smallest absolute Gasteiger partial charge is 0.186 e. The molecule has 98 valence electrons. The van der Waals surface area contributed by atoms with Crippen LogP contribution in [0.1, 0.15) is 5.82 Å². The van der Waals surface area contributed by atoms with Gasteiger partial charge in [-0.3, -0.25) is 0 Å². The molecule has 0 spiro atoms. The SMILES string of the molecule is CSCc1nnc2sc(-c3cc(Cl)ccc3Cl)nn12. The first-order chi connectivity index (χ1) is 9.19. The monoisotopic (exact) mass is 330 g/mol. The number of hydrogen-bond acceptors (Lipinski definition) is 5. The molecule has 1 aromatic carbocycles. The Morgan fingerprint density at radius 2 is 2.16 bits per heavy atom. The molecule has 0 atom stereocenters. The van der Waals surface area contributed by atoms with Crippen LogP contribution in [0.2, 0.25) is 10.0 Å². The Bertz CT molecular complexity index is 737. The molecule has 0 aliphatic rings. The Labute approximate surface area is 127 Å². The maximum atomic E-state index is 6.18. The lowest BCUT2D eigenvalue weighted by Gasteiger charge is -1.99. The molecule has 0 aliphatic heterocycles. The molecular weight excluding hydrogens is 323 g/mol. The van der Waals surface area contributed by atoms with Gasteiger partial charge in [-0.25, -0.2) is 0 Å². The zero-order chi connectivity index (χ0) is 13.4. The van der Waals surface area contributed by atoms with Gasteiger partial charge in [0.15, 0.2) is 5.82 Å². The van der Waals surface area contributed by atoms with Gasteiger partial charge in [0.05, 0.1) is 10.8 Å². The van der Waals surface area contributed by atoms with Crippen LogP contribution in [0.4, 0.5) is 0 Å². The molecule has 19 heavy (non-hydrogen) atoms. The van der Waals surface area contributed by atoms with E-state index in [1.54, 1.807) is 28.4 Å². The molecule has 0 unspecified atom stereocenters. The summed E-state index contributed by atoms with van der Waals surface area (Å²) in [7, 11) is 0. The number of hydrogen-bond donors (Lipinski definition) is 0. The molecule has 3 rings (SSSR count). The number of aromatic nitrogens is 4. The van der Waals surface area contributed by atoms with Crippen LogP contribution < -0.4 is 0 Å². The highest BCUT2D eigenvalue weighted by molar-refractivity contribution is 7.97. The van der Waals surface area contributed by atoms with E-state index in [0.717, 1.165) is 27.1 Å². The molecule has 0 fully saturated rings. The second-order valence-electron chi connectivity index (χ2n) is 3.78. The van der Waals surface area contributed by atoms with Gasteiger partial charge in [0.2, 0.25) is 4.96 Å². The van der Waals surface area contributed by atoms with Gasteiger partial charge in [-0.2, -0.15) is 21.4 Å². The topological polar surface area (TPSA) is 43.1 Å². The quantitative estimate of drug-likeness (QED) is 0.727. The zero-order valence-corrected chi connectivity index (χ0v) is 12.9. The van der Waals surface area contributed by atoms with Crippen LogP contribution in [0.5, 0.6) is 0 Å². The average Bonchev–Trinajstić information content (AvgIpc) is 2.95. The molecule has 0 N–H and O–H groups in total. The van der Waals surface area contributed by atoms with Crippen molar-refractivity contribution in [2.24, 2.45) is 0 Å². The summed E-state index contributed by atoms with van der Waals surface area (Å²) in [6.45, 7) is 0. The minimum Gasteiger partial charge on any atom is -0.186 e. The van der Waals surface area contributed by atoms with Gasteiger partial charge in [0.1, 0.15) is 5.01 Å². The summed E-state index contributed by atoms with van der Waals surface area (Å²) in [4.78, 5) is 0.759. The highest BCUT2D eigenvalue weighted by Crippen LogP contribution is 2.33.